The maximum atomic E-state index is 12.2. The highest BCUT2D eigenvalue weighted by molar-refractivity contribution is 6.05. The highest BCUT2D eigenvalue weighted by Crippen LogP contribution is 2.29. The lowest BCUT2D eigenvalue weighted by Gasteiger charge is -2.11. The van der Waals surface area contributed by atoms with Crippen molar-refractivity contribution >= 4 is 11.9 Å². The van der Waals surface area contributed by atoms with E-state index in [1.54, 1.807) is 30.1 Å². The van der Waals surface area contributed by atoms with Gasteiger partial charge in [0.05, 0.1) is 7.11 Å². The van der Waals surface area contributed by atoms with Crippen molar-refractivity contribution in [2.24, 2.45) is 0 Å². The largest absolute Gasteiger partial charge is 0.493 e. The van der Waals surface area contributed by atoms with Crippen molar-refractivity contribution in [2.75, 3.05) is 7.11 Å². The lowest BCUT2D eigenvalue weighted by molar-refractivity contribution is 0.104. The SMILES string of the molecule is CCn1ccc(C(=O)/C=C/c2ccc(OCc3ccccc3)c(OC)c2)n1. The minimum atomic E-state index is -0.134. The molecule has 0 spiro atoms. The van der Waals surface area contributed by atoms with Crippen LogP contribution in [0.4, 0.5) is 0 Å². The number of aryl methyl sites for hydroxylation is 1. The van der Waals surface area contributed by atoms with Crippen molar-refractivity contribution in [1.82, 2.24) is 9.78 Å². The number of carbonyl (C=O) groups excluding carboxylic acids is 1. The number of benzene rings is 2. The number of methoxy groups -OCH3 is 1. The van der Waals surface area contributed by atoms with Gasteiger partial charge in [0.25, 0.3) is 0 Å². The first kappa shape index (κ1) is 18.5. The van der Waals surface area contributed by atoms with E-state index >= 15 is 0 Å². The second kappa shape index (κ2) is 8.85. The van der Waals surface area contributed by atoms with Crippen LogP contribution in [-0.4, -0.2) is 22.7 Å². The van der Waals surface area contributed by atoms with E-state index in [4.69, 9.17) is 9.47 Å². The molecule has 0 radical (unpaired) electrons. The van der Waals surface area contributed by atoms with Crippen LogP contribution in [0.25, 0.3) is 6.08 Å². The van der Waals surface area contributed by atoms with Crippen molar-refractivity contribution in [3.63, 3.8) is 0 Å². The van der Waals surface area contributed by atoms with Crippen molar-refractivity contribution in [2.45, 2.75) is 20.1 Å². The number of rotatable bonds is 8. The molecule has 0 saturated heterocycles. The van der Waals surface area contributed by atoms with Gasteiger partial charge in [-0.3, -0.25) is 9.48 Å². The van der Waals surface area contributed by atoms with Crippen LogP contribution in [0.5, 0.6) is 11.5 Å². The number of nitrogens with zero attached hydrogens (tertiary/aromatic N) is 2. The molecule has 1 aromatic heterocycles. The highest BCUT2D eigenvalue weighted by atomic mass is 16.5. The lowest BCUT2D eigenvalue weighted by Crippen LogP contribution is -2.00. The number of ketones is 1. The van der Waals surface area contributed by atoms with Gasteiger partial charge in [-0.15, -0.1) is 0 Å². The van der Waals surface area contributed by atoms with Crippen LogP contribution in [0.2, 0.25) is 0 Å². The molecule has 3 aromatic rings. The Morgan fingerprint density at radius 3 is 2.63 bits per heavy atom. The number of carbonyl (C=O) groups is 1. The topological polar surface area (TPSA) is 53.4 Å². The molecule has 0 aliphatic carbocycles. The Bertz CT molecular complexity index is 930. The minimum absolute atomic E-state index is 0.134. The highest BCUT2D eigenvalue weighted by Gasteiger charge is 2.08. The maximum absolute atomic E-state index is 12.2. The second-order valence-electron chi connectivity index (χ2n) is 5.94. The Balaban J connectivity index is 1.68. The molecule has 138 valence electrons. The van der Waals surface area contributed by atoms with Gasteiger partial charge in [0.15, 0.2) is 11.5 Å². The summed E-state index contributed by atoms with van der Waals surface area (Å²) in [6, 6.07) is 17.2. The molecule has 0 unspecified atom stereocenters. The third-order valence-electron chi connectivity index (χ3n) is 4.07. The van der Waals surface area contributed by atoms with E-state index in [1.807, 2.05) is 55.5 Å². The smallest absolute Gasteiger partial charge is 0.206 e. The summed E-state index contributed by atoms with van der Waals surface area (Å²) >= 11 is 0. The molecule has 5 heteroatoms. The normalized spacial score (nSPS) is 10.9. The average Bonchev–Trinajstić information content (AvgIpc) is 3.21. The Morgan fingerprint density at radius 2 is 1.93 bits per heavy atom. The summed E-state index contributed by atoms with van der Waals surface area (Å²) in [5.74, 6) is 1.15. The number of ether oxygens (including phenoxy) is 2. The summed E-state index contributed by atoms with van der Waals surface area (Å²) in [7, 11) is 1.60. The molecule has 0 fully saturated rings. The van der Waals surface area contributed by atoms with E-state index in [0.717, 1.165) is 17.7 Å². The van der Waals surface area contributed by atoms with E-state index in [9.17, 15) is 4.79 Å². The van der Waals surface area contributed by atoms with Gasteiger partial charge in [-0.25, -0.2) is 0 Å². The maximum Gasteiger partial charge on any atom is 0.206 e. The van der Waals surface area contributed by atoms with Gasteiger partial charge in [-0.2, -0.15) is 5.10 Å². The number of allylic oxidation sites excluding steroid dienone is 1. The van der Waals surface area contributed by atoms with E-state index in [2.05, 4.69) is 5.10 Å². The Morgan fingerprint density at radius 1 is 1.11 bits per heavy atom. The summed E-state index contributed by atoms with van der Waals surface area (Å²) in [4.78, 5) is 12.2. The van der Waals surface area contributed by atoms with E-state index in [-0.39, 0.29) is 5.78 Å². The molecular weight excluding hydrogens is 340 g/mol. The van der Waals surface area contributed by atoms with Crippen molar-refractivity contribution in [3.05, 3.63) is 83.7 Å². The molecule has 0 atom stereocenters. The summed E-state index contributed by atoms with van der Waals surface area (Å²) in [5.41, 5.74) is 2.37. The number of hydrogen-bond donors (Lipinski definition) is 0. The lowest BCUT2D eigenvalue weighted by atomic mass is 10.1. The number of aromatic nitrogens is 2. The average molecular weight is 362 g/mol. The van der Waals surface area contributed by atoms with Crippen LogP contribution >= 0.6 is 0 Å². The van der Waals surface area contributed by atoms with Crippen molar-refractivity contribution < 1.29 is 14.3 Å². The first-order chi connectivity index (χ1) is 13.2. The summed E-state index contributed by atoms with van der Waals surface area (Å²) in [6.45, 7) is 3.17. The van der Waals surface area contributed by atoms with E-state index < -0.39 is 0 Å². The molecule has 0 aliphatic rings. The van der Waals surface area contributed by atoms with Crippen LogP contribution in [-0.2, 0) is 13.2 Å². The van der Waals surface area contributed by atoms with Crippen molar-refractivity contribution in [1.29, 1.82) is 0 Å². The fourth-order valence-electron chi connectivity index (χ4n) is 2.57. The molecule has 5 nitrogen and oxygen atoms in total. The van der Waals surface area contributed by atoms with Crippen LogP contribution in [0.1, 0.15) is 28.5 Å². The molecular formula is C22H22N2O3. The molecule has 3 rings (SSSR count). The zero-order valence-electron chi connectivity index (χ0n) is 15.5. The predicted octanol–water partition coefficient (Wildman–Crippen LogP) is 4.39. The van der Waals surface area contributed by atoms with E-state index in [1.165, 1.54) is 6.08 Å². The van der Waals surface area contributed by atoms with E-state index in [0.29, 0.717) is 23.8 Å². The van der Waals surface area contributed by atoms with Gasteiger partial charge in [0.1, 0.15) is 12.3 Å². The molecule has 1 heterocycles. The monoisotopic (exact) mass is 362 g/mol. The summed E-state index contributed by atoms with van der Waals surface area (Å²) < 4.78 is 13.0. The third-order valence-corrected chi connectivity index (χ3v) is 4.07. The van der Waals surface area contributed by atoms with Gasteiger partial charge in [-0.1, -0.05) is 42.5 Å². The Kier molecular flexibility index (Phi) is 6.05. The van der Waals surface area contributed by atoms with Gasteiger partial charge < -0.3 is 9.47 Å². The molecule has 2 aromatic carbocycles. The van der Waals surface area contributed by atoms with Gasteiger partial charge >= 0.3 is 0 Å². The first-order valence-electron chi connectivity index (χ1n) is 8.80. The summed E-state index contributed by atoms with van der Waals surface area (Å²) in [5, 5.41) is 4.21. The minimum Gasteiger partial charge on any atom is -0.493 e. The molecule has 0 aliphatic heterocycles. The van der Waals surface area contributed by atoms with Gasteiger partial charge in [0, 0.05) is 12.7 Å². The van der Waals surface area contributed by atoms with Gasteiger partial charge in [-0.05, 0) is 42.3 Å². The van der Waals surface area contributed by atoms with Crippen LogP contribution < -0.4 is 9.47 Å². The zero-order valence-corrected chi connectivity index (χ0v) is 15.5. The predicted molar refractivity (Wildman–Crippen MR) is 105 cm³/mol. The molecule has 0 N–H and O–H groups in total. The van der Waals surface area contributed by atoms with Crippen LogP contribution in [0, 0.1) is 0 Å². The standard InChI is InChI=1S/C22H22N2O3/c1-3-24-14-13-19(23-24)20(25)11-9-17-10-12-21(22(15-17)26-2)27-16-18-7-5-4-6-8-18/h4-15H,3,16H2,1-2H3/b11-9+. The fourth-order valence-corrected chi connectivity index (χ4v) is 2.57. The quantitative estimate of drug-likeness (QED) is 0.441. The van der Waals surface area contributed by atoms with Crippen molar-refractivity contribution in [3.8, 4) is 11.5 Å². The van der Waals surface area contributed by atoms with Crippen LogP contribution in [0.15, 0.2) is 66.9 Å². The molecule has 0 saturated carbocycles. The zero-order chi connectivity index (χ0) is 19.1. The Labute approximate surface area is 158 Å². The third kappa shape index (κ3) is 4.85. The second-order valence-corrected chi connectivity index (χ2v) is 5.94. The molecule has 27 heavy (non-hydrogen) atoms. The fraction of sp³-hybridized carbons (Fsp3) is 0.182. The molecule has 0 amide bonds. The summed E-state index contributed by atoms with van der Waals surface area (Å²) in [6.07, 6.45) is 5.06. The van der Waals surface area contributed by atoms with Crippen LogP contribution in [0.3, 0.4) is 0 Å². The van der Waals surface area contributed by atoms with Gasteiger partial charge in [0.2, 0.25) is 5.78 Å². The molecule has 0 bridgehead atoms. The Hall–Kier alpha value is -3.34. The number of hydrogen-bond acceptors (Lipinski definition) is 4. The first-order valence-corrected chi connectivity index (χ1v) is 8.80.